The zero-order valence-corrected chi connectivity index (χ0v) is 10.7. The summed E-state index contributed by atoms with van der Waals surface area (Å²) in [5.74, 6) is -0.139. The molecule has 0 atom stereocenters. The van der Waals surface area contributed by atoms with Gasteiger partial charge in [-0.05, 0) is 24.3 Å². The number of anilines is 1. The maximum atomic E-state index is 11.2. The summed E-state index contributed by atoms with van der Waals surface area (Å²) in [5.41, 5.74) is 0.540. The third kappa shape index (κ3) is 3.92. The van der Waals surface area contributed by atoms with Crippen LogP contribution in [0.3, 0.4) is 0 Å². The van der Waals surface area contributed by atoms with Gasteiger partial charge in [-0.2, -0.15) is 0 Å². The van der Waals surface area contributed by atoms with Gasteiger partial charge in [0.1, 0.15) is 0 Å². The summed E-state index contributed by atoms with van der Waals surface area (Å²) < 4.78 is 21.9. The fraction of sp³-hybridized carbons (Fsp3) is 0.222. The van der Waals surface area contributed by atoms with Crippen LogP contribution in [0.1, 0.15) is 6.42 Å². The van der Waals surface area contributed by atoms with Crippen molar-refractivity contribution in [2.45, 2.75) is 11.3 Å². The van der Waals surface area contributed by atoms with Crippen molar-refractivity contribution in [3.63, 3.8) is 0 Å². The summed E-state index contributed by atoms with van der Waals surface area (Å²) in [4.78, 5) is 11.2. The van der Waals surface area contributed by atoms with E-state index in [1.165, 1.54) is 24.3 Å². The van der Waals surface area contributed by atoms with E-state index >= 15 is 0 Å². The SMILES string of the molecule is NS(=O)(=O)c1ccc(NC(=O)CCBr)cc1. The van der Waals surface area contributed by atoms with Crippen LogP contribution in [-0.2, 0) is 14.8 Å². The average Bonchev–Trinajstić information content (AvgIpc) is 2.17. The highest BCUT2D eigenvalue weighted by atomic mass is 79.9. The molecule has 1 rings (SSSR count). The van der Waals surface area contributed by atoms with E-state index in [9.17, 15) is 13.2 Å². The maximum Gasteiger partial charge on any atom is 0.238 e. The molecule has 88 valence electrons. The van der Waals surface area contributed by atoms with Gasteiger partial charge >= 0.3 is 0 Å². The van der Waals surface area contributed by atoms with Gasteiger partial charge in [0.25, 0.3) is 0 Å². The molecule has 0 heterocycles. The van der Waals surface area contributed by atoms with E-state index < -0.39 is 10.0 Å². The number of rotatable bonds is 4. The largest absolute Gasteiger partial charge is 0.326 e. The van der Waals surface area contributed by atoms with Gasteiger partial charge in [-0.25, -0.2) is 13.6 Å². The normalized spacial score (nSPS) is 11.1. The molecule has 16 heavy (non-hydrogen) atoms. The Hall–Kier alpha value is -0.920. The Kier molecular flexibility index (Phi) is 4.45. The molecule has 0 unspecified atom stereocenters. The highest BCUT2D eigenvalue weighted by molar-refractivity contribution is 9.09. The van der Waals surface area contributed by atoms with Crippen LogP contribution in [0.5, 0.6) is 0 Å². The van der Waals surface area contributed by atoms with Crippen molar-refractivity contribution in [3.05, 3.63) is 24.3 Å². The number of primary sulfonamides is 1. The maximum absolute atomic E-state index is 11.2. The Morgan fingerprint density at radius 1 is 1.31 bits per heavy atom. The number of sulfonamides is 1. The van der Waals surface area contributed by atoms with Gasteiger partial charge in [0.2, 0.25) is 15.9 Å². The van der Waals surface area contributed by atoms with Crippen molar-refractivity contribution in [2.24, 2.45) is 5.14 Å². The molecular formula is C9H11BrN2O3S. The number of hydrogen-bond donors (Lipinski definition) is 2. The minimum atomic E-state index is -3.68. The van der Waals surface area contributed by atoms with E-state index in [0.717, 1.165) is 0 Å². The van der Waals surface area contributed by atoms with Crippen molar-refractivity contribution in [2.75, 3.05) is 10.6 Å². The minimum absolute atomic E-state index is 0.0194. The van der Waals surface area contributed by atoms with Gasteiger partial charge in [0.15, 0.2) is 0 Å². The molecule has 0 bridgehead atoms. The standard InChI is InChI=1S/C9H11BrN2O3S/c10-6-5-9(13)12-7-1-3-8(4-2-7)16(11,14)15/h1-4H,5-6H2,(H,12,13)(H2,11,14,15). The minimum Gasteiger partial charge on any atom is -0.326 e. The monoisotopic (exact) mass is 306 g/mol. The molecule has 0 saturated heterocycles. The zero-order valence-electron chi connectivity index (χ0n) is 8.31. The third-order valence-corrected chi connectivity index (χ3v) is 3.11. The van der Waals surface area contributed by atoms with E-state index in [2.05, 4.69) is 21.2 Å². The smallest absolute Gasteiger partial charge is 0.238 e. The summed E-state index contributed by atoms with van der Waals surface area (Å²) in [6.45, 7) is 0. The molecule has 0 aliphatic rings. The van der Waals surface area contributed by atoms with Crippen LogP contribution in [0, 0.1) is 0 Å². The Balaban J connectivity index is 2.76. The van der Waals surface area contributed by atoms with Crippen LogP contribution in [0.15, 0.2) is 29.2 Å². The molecule has 0 aliphatic heterocycles. The molecule has 0 aliphatic carbocycles. The third-order valence-electron chi connectivity index (χ3n) is 1.79. The number of benzene rings is 1. The molecule has 5 nitrogen and oxygen atoms in total. The van der Waals surface area contributed by atoms with Crippen molar-refractivity contribution in [3.8, 4) is 0 Å². The van der Waals surface area contributed by atoms with Crippen molar-refractivity contribution < 1.29 is 13.2 Å². The van der Waals surface area contributed by atoms with Gasteiger partial charge in [0.05, 0.1) is 4.90 Å². The quantitative estimate of drug-likeness (QED) is 0.815. The Bertz CT molecular complexity index is 470. The summed E-state index contributed by atoms with van der Waals surface area (Å²) >= 11 is 3.14. The lowest BCUT2D eigenvalue weighted by atomic mass is 10.3. The predicted octanol–water partition coefficient (Wildman–Crippen LogP) is 1.06. The van der Waals surface area contributed by atoms with E-state index in [1.807, 2.05) is 0 Å². The molecule has 1 amide bonds. The predicted molar refractivity (Wildman–Crippen MR) is 64.9 cm³/mol. The second-order valence-corrected chi connectivity index (χ2v) is 5.41. The summed E-state index contributed by atoms with van der Waals surface area (Å²) in [6.07, 6.45) is 0.358. The Morgan fingerprint density at radius 3 is 2.31 bits per heavy atom. The van der Waals surface area contributed by atoms with Crippen LogP contribution in [0.4, 0.5) is 5.69 Å². The van der Waals surface area contributed by atoms with Gasteiger partial charge in [0, 0.05) is 17.4 Å². The number of amides is 1. The number of hydrogen-bond acceptors (Lipinski definition) is 3. The van der Waals surface area contributed by atoms with E-state index in [1.54, 1.807) is 0 Å². The zero-order chi connectivity index (χ0) is 12.2. The number of nitrogens with two attached hydrogens (primary N) is 1. The topological polar surface area (TPSA) is 89.3 Å². The molecule has 0 radical (unpaired) electrons. The van der Waals surface area contributed by atoms with Gasteiger partial charge in [-0.15, -0.1) is 0 Å². The first-order valence-corrected chi connectivity index (χ1v) is 7.09. The van der Waals surface area contributed by atoms with E-state index in [0.29, 0.717) is 17.4 Å². The summed E-state index contributed by atoms with van der Waals surface area (Å²) in [7, 11) is -3.68. The van der Waals surface area contributed by atoms with Gasteiger partial charge in [-0.1, -0.05) is 15.9 Å². The second kappa shape index (κ2) is 5.42. The van der Waals surface area contributed by atoms with E-state index in [-0.39, 0.29) is 10.8 Å². The van der Waals surface area contributed by atoms with Gasteiger partial charge in [-0.3, -0.25) is 4.79 Å². The lowest BCUT2D eigenvalue weighted by molar-refractivity contribution is -0.115. The summed E-state index contributed by atoms with van der Waals surface area (Å²) in [6, 6.07) is 5.68. The number of alkyl halides is 1. The molecule has 0 spiro atoms. The molecule has 0 fully saturated rings. The van der Waals surface area contributed by atoms with Crippen molar-refractivity contribution in [1.82, 2.24) is 0 Å². The highest BCUT2D eigenvalue weighted by Gasteiger charge is 2.07. The van der Waals surface area contributed by atoms with Crippen molar-refractivity contribution in [1.29, 1.82) is 0 Å². The fourth-order valence-electron chi connectivity index (χ4n) is 1.04. The second-order valence-electron chi connectivity index (χ2n) is 3.06. The molecule has 7 heteroatoms. The van der Waals surface area contributed by atoms with Crippen LogP contribution in [0.2, 0.25) is 0 Å². The number of nitrogens with one attached hydrogen (secondary N) is 1. The average molecular weight is 307 g/mol. The Morgan fingerprint density at radius 2 is 1.88 bits per heavy atom. The fourth-order valence-corrected chi connectivity index (χ4v) is 1.91. The van der Waals surface area contributed by atoms with Crippen LogP contribution in [-0.4, -0.2) is 19.7 Å². The molecule has 0 aromatic heterocycles. The lowest BCUT2D eigenvalue weighted by Crippen LogP contribution is -2.13. The lowest BCUT2D eigenvalue weighted by Gasteiger charge is -2.04. The molecular weight excluding hydrogens is 296 g/mol. The van der Waals surface area contributed by atoms with Crippen LogP contribution >= 0.6 is 15.9 Å². The van der Waals surface area contributed by atoms with Gasteiger partial charge < -0.3 is 5.32 Å². The molecule has 1 aromatic carbocycles. The van der Waals surface area contributed by atoms with Crippen molar-refractivity contribution >= 4 is 37.5 Å². The highest BCUT2D eigenvalue weighted by Crippen LogP contribution is 2.12. The first kappa shape index (κ1) is 13.1. The first-order chi connectivity index (χ1) is 7.43. The molecule has 0 saturated carbocycles. The van der Waals surface area contributed by atoms with Crippen LogP contribution in [0.25, 0.3) is 0 Å². The number of carbonyl (C=O) groups is 1. The van der Waals surface area contributed by atoms with Crippen LogP contribution < -0.4 is 10.5 Å². The number of carbonyl (C=O) groups excluding carboxylic acids is 1. The van der Waals surface area contributed by atoms with E-state index in [4.69, 9.17) is 5.14 Å². The summed E-state index contributed by atoms with van der Waals surface area (Å²) in [5, 5.41) is 8.13. The first-order valence-electron chi connectivity index (χ1n) is 4.42. The molecule has 1 aromatic rings. The molecule has 3 N–H and O–H groups in total. The number of halogens is 1. The Labute approximate surface area is 102 Å².